The molecule has 0 bridgehead atoms. The number of likely N-dealkylation sites (tertiary alicyclic amines) is 1. The number of carboxylic acids is 1. The van der Waals surface area contributed by atoms with Crippen LogP contribution >= 0.6 is 0 Å². The highest BCUT2D eigenvalue weighted by atomic mass is 16.4. The van der Waals surface area contributed by atoms with E-state index in [1.54, 1.807) is 4.90 Å². The van der Waals surface area contributed by atoms with E-state index in [2.05, 4.69) is 10.6 Å². The first-order valence-corrected chi connectivity index (χ1v) is 5.03. The molecule has 0 spiro atoms. The molecule has 0 saturated carbocycles. The van der Waals surface area contributed by atoms with E-state index in [0.717, 1.165) is 6.42 Å². The summed E-state index contributed by atoms with van der Waals surface area (Å²) in [5.74, 6) is -1.42. The molecule has 0 radical (unpaired) electrons. The highest BCUT2D eigenvalue weighted by molar-refractivity contribution is 5.95. The summed E-state index contributed by atoms with van der Waals surface area (Å²) in [4.78, 5) is 34.5. The van der Waals surface area contributed by atoms with Crippen LogP contribution in [0.25, 0.3) is 0 Å². The van der Waals surface area contributed by atoms with Gasteiger partial charge in [0, 0.05) is 7.05 Å². The number of aliphatic carboxylic acids is 1. The van der Waals surface area contributed by atoms with Gasteiger partial charge >= 0.3 is 12.0 Å². The molecule has 1 unspecified atom stereocenters. The van der Waals surface area contributed by atoms with Crippen molar-refractivity contribution >= 4 is 17.9 Å². The Labute approximate surface area is 92.8 Å². The lowest BCUT2D eigenvalue weighted by Crippen LogP contribution is -2.46. The number of urea groups is 1. The van der Waals surface area contributed by atoms with Gasteiger partial charge in [-0.3, -0.25) is 19.8 Å². The highest BCUT2D eigenvalue weighted by Crippen LogP contribution is 2.16. The monoisotopic (exact) mass is 229 g/mol. The molecular weight excluding hydrogens is 214 g/mol. The minimum absolute atomic E-state index is 0.0651. The second-order valence-corrected chi connectivity index (χ2v) is 3.59. The number of imide groups is 1. The van der Waals surface area contributed by atoms with E-state index >= 15 is 0 Å². The van der Waals surface area contributed by atoms with Crippen molar-refractivity contribution in [1.82, 2.24) is 15.5 Å². The molecule has 7 heteroatoms. The molecule has 3 amide bonds. The summed E-state index contributed by atoms with van der Waals surface area (Å²) in [6.45, 7) is 0.502. The van der Waals surface area contributed by atoms with E-state index in [1.807, 2.05) is 0 Å². The molecule has 1 saturated heterocycles. The summed E-state index contributed by atoms with van der Waals surface area (Å²) in [7, 11) is 1.40. The second-order valence-electron chi connectivity index (χ2n) is 3.59. The zero-order chi connectivity index (χ0) is 12.1. The summed E-state index contributed by atoms with van der Waals surface area (Å²) >= 11 is 0. The van der Waals surface area contributed by atoms with Crippen LogP contribution in [0.3, 0.4) is 0 Å². The largest absolute Gasteiger partial charge is 0.480 e. The Bertz CT molecular complexity index is 305. The number of hydrogen-bond acceptors (Lipinski definition) is 4. The lowest BCUT2D eigenvalue weighted by Gasteiger charge is -2.19. The van der Waals surface area contributed by atoms with Crippen molar-refractivity contribution in [2.45, 2.75) is 18.9 Å². The molecule has 90 valence electrons. The highest BCUT2D eigenvalue weighted by Gasteiger charge is 2.31. The molecule has 1 aliphatic heterocycles. The van der Waals surface area contributed by atoms with Crippen molar-refractivity contribution < 1.29 is 19.5 Å². The third kappa shape index (κ3) is 3.20. The molecule has 1 aliphatic rings. The number of nitrogens with zero attached hydrogens (tertiary/aromatic N) is 1. The first-order chi connectivity index (χ1) is 7.54. The minimum Gasteiger partial charge on any atom is -0.480 e. The third-order valence-corrected chi connectivity index (χ3v) is 2.48. The van der Waals surface area contributed by atoms with Gasteiger partial charge in [-0.1, -0.05) is 0 Å². The Kier molecular flexibility index (Phi) is 4.24. The molecule has 0 aromatic carbocycles. The van der Waals surface area contributed by atoms with Crippen molar-refractivity contribution in [2.75, 3.05) is 20.1 Å². The average molecular weight is 229 g/mol. The van der Waals surface area contributed by atoms with Crippen molar-refractivity contribution in [3.63, 3.8) is 0 Å². The average Bonchev–Trinajstić information content (AvgIpc) is 2.65. The number of carboxylic acid groups (broad SMARTS) is 1. The number of carbonyl (C=O) groups excluding carboxylic acids is 2. The number of nitrogens with one attached hydrogen (secondary N) is 2. The SMILES string of the molecule is CNC(=O)NC(=O)CN1CCCC1C(=O)O. The Hall–Kier alpha value is -1.63. The lowest BCUT2D eigenvalue weighted by atomic mass is 10.2. The fourth-order valence-corrected chi connectivity index (χ4v) is 1.71. The fourth-order valence-electron chi connectivity index (χ4n) is 1.71. The Balaban J connectivity index is 2.44. The number of carbonyl (C=O) groups is 3. The van der Waals surface area contributed by atoms with Crippen molar-refractivity contribution in [2.24, 2.45) is 0 Å². The van der Waals surface area contributed by atoms with Crippen LogP contribution < -0.4 is 10.6 Å². The fraction of sp³-hybridized carbons (Fsp3) is 0.667. The molecule has 3 N–H and O–H groups in total. The maximum atomic E-state index is 11.3. The zero-order valence-electron chi connectivity index (χ0n) is 9.02. The van der Waals surface area contributed by atoms with Gasteiger partial charge in [-0.25, -0.2) is 4.79 Å². The Morgan fingerprint density at radius 2 is 2.12 bits per heavy atom. The quantitative estimate of drug-likeness (QED) is 0.576. The van der Waals surface area contributed by atoms with Gasteiger partial charge in [-0.05, 0) is 19.4 Å². The lowest BCUT2D eigenvalue weighted by molar-refractivity contribution is -0.142. The summed E-state index contributed by atoms with van der Waals surface area (Å²) in [5, 5.41) is 13.2. The number of hydrogen-bond donors (Lipinski definition) is 3. The Morgan fingerprint density at radius 1 is 1.44 bits per heavy atom. The first kappa shape index (κ1) is 12.4. The summed E-state index contributed by atoms with van der Waals surface area (Å²) < 4.78 is 0. The van der Waals surface area contributed by atoms with Crippen molar-refractivity contribution in [1.29, 1.82) is 0 Å². The van der Waals surface area contributed by atoms with Gasteiger partial charge in [0.25, 0.3) is 0 Å². The van der Waals surface area contributed by atoms with Gasteiger partial charge < -0.3 is 10.4 Å². The number of amides is 3. The molecule has 16 heavy (non-hydrogen) atoms. The smallest absolute Gasteiger partial charge is 0.321 e. The molecule has 1 heterocycles. The summed E-state index contributed by atoms with van der Waals surface area (Å²) in [6, 6.07) is -1.20. The van der Waals surface area contributed by atoms with E-state index in [0.29, 0.717) is 13.0 Å². The van der Waals surface area contributed by atoms with Gasteiger partial charge in [-0.15, -0.1) is 0 Å². The van der Waals surface area contributed by atoms with Crippen LogP contribution in [-0.2, 0) is 9.59 Å². The molecular formula is C9H15N3O4. The zero-order valence-corrected chi connectivity index (χ0v) is 9.02. The van der Waals surface area contributed by atoms with Crippen LogP contribution in [0.4, 0.5) is 4.79 Å². The molecule has 0 aromatic heterocycles. The molecule has 1 rings (SSSR count). The van der Waals surface area contributed by atoms with E-state index in [4.69, 9.17) is 5.11 Å². The van der Waals surface area contributed by atoms with Crippen LogP contribution in [-0.4, -0.2) is 54.1 Å². The first-order valence-electron chi connectivity index (χ1n) is 5.03. The minimum atomic E-state index is -0.926. The maximum Gasteiger partial charge on any atom is 0.321 e. The van der Waals surface area contributed by atoms with Crippen LogP contribution in [0.5, 0.6) is 0 Å². The molecule has 1 atom stereocenters. The van der Waals surface area contributed by atoms with E-state index in [9.17, 15) is 14.4 Å². The Morgan fingerprint density at radius 3 is 2.69 bits per heavy atom. The summed E-state index contributed by atoms with van der Waals surface area (Å²) in [5.41, 5.74) is 0. The van der Waals surface area contributed by atoms with Crippen LogP contribution in [0.2, 0.25) is 0 Å². The van der Waals surface area contributed by atoms with Crippen LogP contribution in [0.1, 0.15) is 12.8 Å². The predicted molar refractivity (Wildman–Crippen MR) is 54.8 cm³/mol. The molecule has 0 aromatic rings. The molecule has 0 aliphatic carbocycles. The third-order valence-electron chi connectivity index (χ3n) is 2.48. The predicted octanol–water partition coefficient (Wildman–Crippen LogP) is -1.01. The van der Waals surface area contributed by atoms with Gasteiger partial charge in [0.15, 0.2) is 0 Å². The molecule has 7 nitrogen and oxygen atoms in total. The van der Waals surface area contributed by atoms with Crippen LogP contribution in [0, 0.1) is 0 Å². The summed E-state index contributed by atoms with van der Waals surface area (Å²) in [6.07, 6.45) is 1.30. The van der Waals surface area contributed by atoms with Gasteiger partial charge in [0.1, 0.15) is 6.04 Å². The second kappa shape index (κ2) is 5.45. The topological polar surface area (TPSA) is 98.7 Å². The van der Waals surface area contributed by atoms with Crippen molar-refractivity contribution in [3.05, 3.63) is 0 Å². The van der Waals surface area contributed by atoms with Gasteiger partial charge in [0.2, 0.25) is 5.91 Å². The van der Waals surface area contributed by atoms with E-state index in [-0.39, 0.29) is 6.54 Å². The number of rotatable bonds is 3. The maximum absolute atomic E-state index is 11.3. The standard InChI is InChI=1S/C9H15N3O4/c1-10-9(16)11-7(13)5-12-4-2-3-6(12)8(14)15/h6H,2-5H2,1H3,(H,14,15)(H2,10,11,13,16). The van der Waals surface area contributed by atoms with E-state index < -0.39 is 23.9 Å². The van der Waals surface area contributed by atoms with Crippen molar-refractivity contribution in [3.8, 4) is 0 Å². The van der Waals surface area contributed by atoms with E-state index in [1.165, 1.54) is 7.05 Å². The van der Waals surface area contributed by atoms with Crippen LogP contribution in [0.15, 0.2) is 0 Å². The normalized spacial score (nSPS) is 20.4. The van der Waals surface area contributed by atoms with Gasteiger partial charge in [0.05, 0.1) is 6.54 Å². The van der Waals surface area contributed by atoms with Gasteiger partial charge in [-0.2, -0.15) is 0 Å². The molecule has 1 fully saturated rings.